The van der Waals surface area contributed by atoms with Gasteiger partial charge in [0.15, 0.2) is 0 Å². The summed E-state index contributed by atoms with van der Waals surface area (Å²) in [7, 11) is 0. The lowest BCUT2D eigenvalue weighted by Gasteiger charge is -2.05. The Morgan fingerprint density at radius 3 is 2.63 bits per heavy atom. The van der Waals surface area contributed by atoms with Gasteiger partial charge in [-0.25, -0.2) is 0 Å². The molecule has 0 fully saturated rings. The van der Waals surface area contributed by atoms with Gasteiger partial charge in [-0.15, -0.1) is 0 Å². The molecular formula is C17H14N2. The summed E-state index contributed by atoms with van der Waals surface area (Å²) in [4.78, 5) is 4.59. The molecule has 0 saturated heterocycles. The Hall–Kier alpha value is -2.19. The molecule has 0 bridgehead atoms. The van der Waals surface area contributed by atoms with Crippen molar-refractivity contribution < 1.29 is 0 Å². The van der Waals surface area contributed by atoms with Gasteiger partial charge in [0.2, 0.25) is 0 Å². The van der Waals surface area contributed by atoms with Crippen molar-refractivity contribution in [1.29, 1.82) is 0 Å². The fourth-order valence-electron chi connectivity index (χ4n) is 2.69. The Morgan fingerprint density at radius 2 is 1.68 bits per heavy atom. The second-order valence-corrected chi connectivity index (χ2v) is 5.00. The molecule has 4 rings (SSSR count). The largest absolute Gasteiger partial charge is 0.309 e. The van der Waals surface area contributed by atoms with E-state index in [0.717, 1.165) is 18.8 Å². The average molecular weight is 246 g/mol. The number of hydrogen-bond acceptors (Lipinski definition) is 2. The van der Waals surface area contributed by atoms with E-state index in [-0.39, 0.29) is 0 Å². The molecule has 2 aromatic carbocycles. The fraction of sp³-hybridized carbons (Fsp3) is 0.118. The van der Waals surface area contributed by atoms with Crippen molar-refractivity contribution in [1.82, 2.24) is 10.3 Å². The monoisotopic (exact) mass is 246 g/mol. The summed E-state index contributed by atoms with van der Waals surface area (Å²) in [6, 6.07) is 17.2. The van der Waals surface area contributed by atoms with Gasteiger partial charge < -0.3 is 5.32 Å². The van der Waals surface area contributed by atoms with Crippen LogP contribution >= 0.6 is 0 Å². The van der Waals surface area contributed by atoms with Gasteiger partial charge >= 0.3 is 0 Å². The highest BCUT2D eigenvalue weighted by Gasteiger charge is 2.11. The van der Waals surface area contributed by atoms with Crippen molar-refractivity contribution in [3.8, 4) is 11.3 Å². The fourth-order valence-corrected chi connectivity index (χ4v) is 2.69. The van der Waals surface area contributed by atoms with Crippen LogP contribution in [-0.4, -0.2) is 4.98 Å². The normalized spacial score (nSPS) is 13.7. The summed E-state index contributed by atoms with van der Waals surface area (Å²) in [5, 5.41) is 5.89. The van der Waals surface area contributed by atoms with E-state index in [1.54, 1.807) is 0 Å². The van der Waals surface area contributed by atoms with Crippen molar-refractivity contribution in [3.05, 3.63) is 65.9 Å². The molecule has 0 aliphatic carbocycles. The number of nitrogens with one attached hydrogen (secondary N) is 1. The van der Waals surface area contributed by atoms with Gasteiger partial charge in [-0.1, -0.05) is 36.4 Å². The van der Waals surface area contributed by atoms with Crippen molar-refractivity contribution in [2.24, 2.45) is 0 Å². The number of pyridine rings is 1. The zero-order valence-corrected chi connectivity index (χ0v) is 10.6. The van der Waals surface area contributed by atoms with E-state index in [4.69, 9.17) is 0 Å². The van der Waals surface area contributed by atoms with Gasteiger partial charge in [0.1, 0.15) is 0 Å². The molecule has 0 radical (unpaired) electrons. The van der Waals surface area contributed by atoms with Crippen LogP contribution in [0.3, 0.4) is 0 Å². The van der Waals surface area contributed by atoms with Crippen molar-refractivity contribution in [2.75, 3.05) is 0 Å². The lowest BCUT2D eigenvalue weighted by atomic mass is 10.0. The molecule has 1 aliphatic heterocycles. The highest BCUT2D eigenvalue weighted by Crippen LogP contribution is 2.25. The van der Waals surface area contributed by atoms with Gasteiger partial charge in [0, 0.05) is 24.8 Å². The maximum atomic E-state index is 4.59. The third kappa shape index (κ3) is 1.81. The van der Waals surface area contributed by atoms with Gasteiger partial charge in [0.05, 0.1) is 5.69 Å². The number of fused-ring (bicyclic) bond motifs is 2. The second kappa shape index (κ2) is 4.18. The Bertz CT molecular complexity index is 762. The highest BCUT2D eigenvalue weighted by atomic mass is 14.9. The Morgan fingerprint density at radius 1 is 0.842 bits per heavy atom. The van der Waals surface area contributed by atoms with E-state index in [1.807, 2.05) is 6.20 Å². The molecule has 0 unspecified atom stereocenters. The van der Waals surface area contributed by atoms with Crippen LogP contribution < -0.4 is 5.32 Å². The van der Waals surface area contributed by atoms with Crippen LogP contribution in [0.25, 0.3) is 22.0 Å². The maximum absolute atomic E-state index is 4.59. The molecular weight excluding hydrogens is 232 g/mol. The smallest absolute Gasteiger partial charge is 0.0705 e. The van der Waals surface area contributed by atoms with Crippen LogP contribution in [0.15, 0.2) is 54.7 Å². The van der Waals surface area contributed by atoms with Gasteiger partial charge in [-0.05, 0) is 34.0 Å². The summed E-state index contributed by atoms with van der Waals surface area (Å²) >= 11 is 0. The van der Waals surface area contributed by atoms with Gasteiger partial charge in [-0.2, -0.15) is 0 Å². The van der Waals surface area contributed by atoms with Crippen molar-refractivity contribution in [3.63, 3.8) is 0 Å². The number of nitrogens with zero attached hydrogens (tertiary/aromatic N) is 1. The van der Waals surface area contributed by atoms with Crippen LogP contribution in [0.2, 0.25) is 0 Å². The van der Waals surface area contributed by atoms with Crippen molar-refractivity contribution >= 4 is 10.8 Å². The Kier molecular flexibility index (Phi) is 2.35. The third-order valence-electron chi connectivity index (χ3n) is 3.76. The molecule has 2 nitrogen and oxygen atoms in total. The predicted molar refractivity (Wildman–Crippen MR) is 77.7 cm³/mol. The van der Waals surface area contributed by atoms with E-state index >= 15 is 0 Å². The summed E-state index contributed by atoms with van der Waals surface area (Å²) in [6.07, 6.45) is 2.00. The number of rotatable bonds is 1. The molecule has 1 aliphatic rings. The first-order valence-corrected chi connectivity index (χ1v) is 6.58. The van der Waals surface area contributed by atoms with Crippen LogP contribution in [0, 0.1) is 0 Å². The van der Waals surface area contributed by atoms with Crippen LogP contribution in [0.4, 0.5) is 0 Å². The molecule has 0 saturated carbocycles. The Balaban J connectivity index is 1.85. The molecule has 0 atom stereocenters. The molecule has 2 heterocycles. The lowest BCUT2D eigenvalue weighted by Crippen LogP contribution is -1.99. The van der Waals surface area contributed by atoms with E-state index in [9.17, 15) is 0 Å². The van der Waals surface area contributed by atoms with Crippen molar-refractivity contribution in [2.45, 2.75) is 13.1 Å². The molecule has 0 amide bonds. The zero-order chi connectivity index (χ0) is 12.7. The molecule has 92 valence electrons. The molecule has 3 aromatic rings. The van der Waals surface area contributed by atoms with Gasteiger partial charge in [-0.3, -0.25) is 4.98 Å². The minimum absolute atomic E-state index is 0.945. The molecule has 0 spiro atoms. The average Bonchev–Trinajstić information content (AvgIpc) is 2.94. The molecule has 2 heteroatoms. The molecule has 1 aromatic heterocycles. The van der Waals surface area contributed by atoms with Crippen LogP contribution in [-0.2, 0) is 13.1 Å². The first kappa shape index (κ1) is 10.7. The maximum Gasteiger partial charge on any atom is 0.0705 e. The highest BCUT2D eigenvalue weighted by molar-refractivity contribution is 5.86. The summed E-state index contributed by atoms with van der Waals surface area (Å²) < 4.78 is 0. The minimum atomic E-state index is 0.945. The second-order valence-electron chi connectivity index (χ2n) is 5.00. The summed E-state index contributed by atoms with van der Waals surface area (Å²) in [5.41, 5.74) is 4.95. The SMILES string of the molecule is c1ccc2cc(-c3cc4c(cn3)CNC4)ccc2c1. The zero-order valence-electron chi connectivity index (χ0n) is 10.6. The first-order valence-electron chi connectivity index (χ1n) is 6.58. The molecule has 1 N–H and O–H groups in total. The predicted octanol–water partition coefficient (Wildman–Crippen LogP) is 3.51. The Labute approximate surface area is 112 Å². The molecule has 19 heavy (non-hydrogen) atoms. The standard InChI is InChI=1S/C17H14N2/c1-2-4-13-7-14(6-5-12(13)3-1)17-8-15-9-18-10-16(15)11-19-17/h1-8,11,18H,9-10H2. The number of hydrogen-bond donors (Lipinski definition) is 1. The third-order valence-corrected chi connectivity index (χ3v) is 3.76. The minimum Gasteiger partial charge on any atom is -0.309 e. The number of aromatic nitrogens is 1. The van der Waals surface area contributed by atoms with Crippen LogP contribution in [0.5, 0.6) is 0 Å². The summed E-state index contributed by atoms with van der Waals surface area (Å²) in [5.74, 6) is 0. The van der Waals surface area contributed by atoms with E-state index in [1.165, 1.54) is 27.5 Å². The topological polar surface area (TPSA) is 24.9 Å². The van der Waals surface area contributed by atoms with E-state index in [2.05, 4.69) is 58.8 Å². The quantitative estimate of drug-likeness (QED) is 0.710. The number of benzene rings is 2. The van der Waals surface area contributed by atoms with E-state index < -0.39 is 0 Å². The van der Waals surface area contributed by atoms with Gasteiger partial charge in [0.25, 0.3) is 0 Å². The summed E-state index contributed by atoms with van der Waals surface area (Å²) in [6.45, 7) is 1.90. The van der Waals surface area contributed by atoms with E-state index in [0.29, 0.717) is 0 Å². The lowest BCUT2D eigenvalue weighted by molar-refractivity contribution is 0.764. The van der Waals surface area contributed by atoms with Crippen LogP contribution in [0.1, 0.15) is 11.1 Å². The first-order chi connectivity index (χ1) is 9.40.